The molecule has 0 N–H and O–H groups in total. The first-order chi connectivity index (χ1) is 15.3. The zero-order chi connectivity index (χ0) is 22.0. The molecule has 0 bridgehead atoms. The molecule has 0 aromatic carbocycles. The maximum absolute atomic E-state index is 6.23. The summed E-state index contributed by atoms with van der Waals surface area (Å²) in [5.41, 5.74) is 0. The van der Waals surface area contributed by atoms with E-state index in [4.69, 9.17) is 4.74 Å². The van der Waals surface area contributed by atoms with E-state index in [0.29, 0.717) is 6.10 Å². The van der Waals surface area contributed by atoms with Crippen molar-refractivity contribution in [1.82, 2.24) is 0 Å². The quantitative estimate of drug-likeness (QED) is 0.195. The topological polar surface area (TPSA) is 9.23 Å². The van der Waals surface area contributed by atoms with Gasteiger partial charge in [-0.25, -0.2) is 0 Å². The SMILES string of the molecule is CCCCCCCCCCC1CCC([C@H]2CC[C@H](OCCCCCCCC)CC2)CC1. The lowest BCUT2D eigenvalue weighted by Crippen LogP contribution is -2.28. The van der Waals surface area contributed by atoms with Crippen molar-refractivity contribution in [2.45, 2.75) is 168 Å². The van der Waals surface area contributed by atoms with Gasteiger partial charge in [0.15, 0.2) is 0 Å². The fourth-order valence-electron chi connectivity index (χ4n) is 6.37. The van der Waals surface area contributed by atoms with Gasteiger partial charge in [0.05, 0.1) is 6.10 Å². The van der Waals surface area contributed by atoms with Crippen molar-refractivity contribution in [2.24, 2.45) is 17.8 Å². The lowest BCUT2D eigenvalue weighted by atomic mass is 9.70. The van der Waals surface area contributed by atoms with Gasteiger partial charge in [-0.15, -0.1) is 0 Å². The second-order valence-electron chi connectivity index (χ2n) is 11.2. The molecule has 0 amide bonds. The summed E-state index contributed by atoms with van der Waals surface area (Å²) >= 11 is 0. The normalized spacial score (nSPS) is 26.9. The van der Waals surface area contributed by atoms with Crippen LogP contribution in [0.5, 0.6) is 0 Å². The van der Waals surface area contributed by atoms with Crippen molar-refractivity contribution in [3.05, 3.63) is 0 Å². The summed E-state index contributed by atoms with van der Waals surface area (Å²) in [4.78, 5) is 0. The minimum absolute atomic E-state index is 0.588. The Morgan fingerprint density at radius 1 is 0.484 bits per heavy atom. The summed E-state index contributed by atoms with van der Waals surface area (Å²) < 4.78 is 6.23. The lowest BCUT2D eigenvalue weighted by molar-refractivity contribution is 0.00526. The molecular formula is C30H58O. The third-order valence-corrected chi connectivity index (χ3v) is 8.59. The zero-order valence-corrected chi connectivity index (χ0v) is 21.7. The molecule has 0 aromatic heterocycles. The molecular weight excluding hydrogens is 376 g/mol. The molecule has 0 heterocycles. The van der Waals surface area contributed by atoms with Crippen molar-refractivity contribution in [3.8, 4) is 0 Å². The van der Waals surface area contributed by atoms with E-state index in [1.54, 1.807) is 0 Å². The summed E-state index contributed by atoms with van der Waals surface area (Å²) in [6, 6.07) is 0. The lowest BCUT2D eigenvalue weighted by Gasteiger charge is -2.38. The Kier molecular flexibility index (Phi) is 16.1. The molecule has 0 unspecified atom stereocenters. The second kappa shape index (κ2) is 18.4. The van der Waals surface area contributed by atoms with Gasteiger partial charge in [-0.3, -0.25) is 0 Å². The maximum Gasteiger partial charge on any atom is 0.0575 e. The minimum atomic E-state index is 0.588. The molecule has 2 aliphatic rings. The monoisotopic (exact) mass is 434 g/mol. The van der Waals surface area contributed by atoms with Crippen LogP contribution in [0.2, 0.25) is 0 Å². The summed E-state index contributed by atoms with van der Waals surface area (Å²) in [5, 5.41) is 0. The molecule has 0 radical (unpaired) electrons. The predicted molar refractivity (Wildman–Crippen MR) is 138 cm³/mol. The van der Waals surface area contributed by atoms with Gasteiger partial charge in [-0.05, 0) is 62.7 Å². The van der Waals surface area contributed by atoms with Gasteiger partial charge in [0, 0.05) is 6.61 Å². The summed E-state index contributed by atoms with van der Waals surface area (Å²) in [6.45, 7) is 5.63. The largest absolute Gasteiger partial charge is 0.378 e. The smallest absolute Gasteiger partial charge is 0.0575 e. The van der Waals surface area contributed by atoms with E-state index in [1.165, 1.54) is 148 Å². The number of unbranched alkanes of at least 4 members (excludes halogenated alkanes) is 12. The highest BCUT2D eigenvalue weighted by atomic mass is 16.5. The Balaban J connectivity index is 1.42. The molecule has 0 aromatic rings. The van der Waals surface area contributed by atoms with Crippen LogP contribution in [0.15, 0.2) is 0 Å². The fraction of sp³-hybridized carbons (Fsp3) is 1.00. The Bertz CT molecular complexity index is 376. The van der Waals surface area contributed by atoms with Crippen LogP contribution in [-0.2, 0) is 4.74 Å². The molecule has 2 rings (SSSR count). The van der Waals surface area contributed by atoms with Gasteiger partial charge in [-0.2, -0.15) is 0 Å². The van der Waals surface area contributed by atoms with E-state index >= 15 is 0 Å². The van der Waals surface area contributed by atoms with Gasteiger partial charge in [-0.1, -0.05) is 117 Å². The molecule has 0 atom stereocenters. The van der Waals surface area contributed by atoms with Crippen LogP contribution in [0.1, 0.15) is 162 Å². The van der Waals surface area contributed by atoms with E-state index in [-0.39, 0.29) is 0 Å². The first kappa shape index (κ1) is 27.2. The van der Waals surface area contributed by atoms with E-state index in [9.17, 15) is 0 Å². The summed E-state index contributed by atoms with van der Waals surface area (Å²) in [6.07, 6.45) is 33.8. The second-order valence-corrected chi connectivity index (χ2v) is 11.2. The Labute approximate surface area is 196 Å². The van der Waals surface area contributed by atoms with Crippen LogP contribution in [0.3, 0.4) is 0 Å². The molecule has 0 saturated heterocycles. The van der Waals surface area contributed by atoms with Crippen LogP contribution in [0, 0.1) is 17.8 Å². The molecule has 31 heavy (non-hydrogen) atoms. The third-order valence-electron chi connectivity index (χ3n) is 8.59. The van der Waals surface area contributed by atoms with Gasteiger partial charge < -0.3 is 4.74 Å². The van der Waals surface area contributed by atoms with Gasteiger partial charge in [0.25, 0.3) is 0 Å². The van der Waals surface area contributed by atoms with Crippen molar-refractivity contribution in [2.75, 3.05) is 6.61 Å². The Hall–Kier alpha value is -0.0400. The average Bonchev–Trinajstić information content (AvgIpc) is 2.81. The predicted octanol–water partition coefficient (Wildman–Crippen LogP) is 10.3. The van der Waals surface area contributed by atoms with Crippen molar-refractivity contribution in [1.29, 1.82) is 0 Å². The number of hydrogen-bond acceptors (Lipinski definition) is 1. The highest BCUT2D eigenvalue weighted by molar-refractivity contribution is 4.82. The van der Waals surface area contributed by atoms with Gasteiger partial charge in [0.1, 0.15) is 0 Å². The van der Waals surface area contributed by atoms with Crippen LogP contribution < -0.4 is 0 Å². The zero-order valence-electron chi connectivity index (χ0n) is 21.7. The fourth-order valence-corrected chi connectivity index (χ4v) is 6.37. The van der Waals surface area contributed by atoms with Crippen LogP contribution in [0.4, 0.5) is 0 Å². The van der Waals surface area contributed by atoms with Crippen molar-refractivity contribution < 1.29 is 4.74 Å². The maximum atomic E-state index is 6.23. The first-order valence-corrected chi connectivity index (χ1v) is 14.9. The molecule has 1 heteroatoms. The molecule has 2 saturated carbocycles. The van der Waals surface area contributed by atoms with Crippen LogP contribution in [-0.4, -0.2) is 12.7 Å². The third kappa shape index (κ3) is 12.7. The highest BCUT2D eigenvalue weighted by Gasteiger charge is 2.30. The van der Waals surface area contributed by atoms with Crippen molar-refractivity contribution >= 4 is 0 Å². The van der Waals surface area contributed by atoms with Crippen LogP contribution >= 0.6 is 0 Å². The summed E-state index contributed by atoms with van der Waals surface area (Å²) in [5.74, 6) is 3.14. The summed E-state index contributed by atoms with van der Waals surface area (Å²) in [7, 11) is 0. The minimum Gasteiger partial charge on any atom is -0.378 e. The van der Waals surface area contributed by atoms with Crippen molar-refractivity contribution in [3.63, 3.8) is 0 Å². The highest BCUT2D eigenvalue weighted by Crippen LogP contribution is 2.41. The standard InChI is InChI=1S/C30H58O/c1-3-5-7-9-11-12-13-15-17-27-18-20-28(21-19-27)29-22-24-30(25-23-29)31-26-16-14-10-8-6-4-2/h27-30H,3-26H2,1-2H3/t27?,28?,29-,30-. The molecule has 1 nitrogen and oxygen atoms in total. The van der Waals surface area contributed by atoms with Gasteiger partial charge >= 0.3 is 0 Å². The van der Waals surface area contributed by atoms with Gasteiger partial charge in [0.2, 0.25) is 0 Å². The molecule has 0 aliphatic heterocycles. The van der Waals surface area contributed by atoms with Crippen LogP contribution in [0.25, 0.3) is 0 Å². The van der Waals surface area contributed by atoms with E-state index in [1.807, 2.05) is 0 Å². The van der Waals surface area contributed by atoms with E-state index in [0.717, 1.165) is 24.4 Å². The molecule has 184 valence electrons. The molecule has 2 aliphatic carbocycles. The first-order valence-electron chi connectivity index (χ1n) is 14.9. The van der Waals surface area contributed by atoms with E-state index < -0.39 is 0 Å². The average molecular weight is 435 g/mol. The number of ether oxygens (including phenoxy) is 1. The Morgan fingerprint density at radius 3 is 1.48 bits per heavy atom. The molecule has 0 spiro atoms. The number of hydrogen-bond donors (Lipinski definition) is 0. The Morgan fingerprint density at radius 2 is 0.935 bits per heavy atom. The number of rotatable bonds is 18. The van der Waals surface area contributed by atoms with E-state index in [2.05, 4.69) is 13.8 Å². The molecule has 2 fully saturated rings.